The number of aryl methyl sites for hydroxylation is 1. The Kier molecular flexibility index (Phi) is 9.14. The minimum absolute atomic E-state index is 0.0733. The summed E-state index contributed by atoms with van der Waals surface area (Å²) < 4.78 is 42.1. The SMILES string of the molecule is COc1cc(/C=C2\C(=O)NC(=O)N(c3ccc(OCc4ccc(Cl)cc4)cc3)C2=O)cc(Cl)c1OS(=O)(=O)c1ccc(C)cc1. The van der Waals surface area contributed by atoms with E-state index < -0.39 is 28.0 Å². The van der Waals surface area contributed by atoms with Crippen LogP contribution >= 0.6 is 23.2 Å². The molecule has 5 rings (SSSR count). The molecule has 13 heteroatoms. The average molecular weight is 668 g/mol. The van der Waals surface area contributed by atoms with Gasteiger partial charge in [0.15, 0.2) is 5.75 Å². The second-order valence-electron chi connectivity index (χ2n) is 9.75. The molecule has 4 aromatic rings. The van der Waals surface area contributed by atoms with Gasteiger partial charge in [0.05, 0.1) is 17.8 Å². The number of barbiturate groups is 1. The summed E-state index contributed by atoms with van der Waals surface area (Å²) in [5.41, 5.74) is 1.77. The van der Waals surface area contributed by atoms with Crippen LogP contribution in [0.5, 0.6) is 17.2 Å². The molecule has 0 saturated carbocycles. The molecule has 230 valence electrons. The summed E-state index contributed by atoms with van der Waals surface area (Å²) >= 11 is 12.3. The smallest absolute Gasteiger partial charge is 0.339 e. The van der Waals surface area contributed by atoms with E-state index in [4.69, 9.17) is 36.9 Å². The second kappa shape index (κ2) is 13.0. The molecular weight excluding hydrogens is 643 g/mol. The van der Waals surface area contributed by atoms with Crippen molar-refractivity contribution in [2.24, 2.45) is 0 Å². The second-order valence-corrected chi connectivity index (χ2v) is 12.1. The molecule has 10 nitrogen and oxygen atoms in total. The molecule has 1 fully saturated rings. The number of ether oxygens (including phenoxy) is 2. The van der Waals surface area contributed by atoms with Gasteiger partial charge in [-0.1, -0.05) is 53.0 Å². The summed E-state index contributed by atoms with van der Waals surface area (Å²) in [4.78, 5) is 39.5. The van der Waals surface area contributed by atoms with Crippen LogP contribution in [-0.2, 0) is 26.3 Å². The topological polar surface area (TPSA) is 128 Å². The maximum atomic E-state index is 13.4. The summed E-state index contributed by atoms with van der Waals surface area (Å²) in [7, 11) is -2.99. The molecule has 1 N–H and O–H groups in total. The molecule has 0 radical (unpaired) electrons. The number of urea groups is 1. The van der Waals surface area contributed by atoms with E-state index in [0.29, 0.717) is 10.8 Å². The van der Waals surface area contributed by atoms with Gasteiger partial charge in [0.2, 0.25) is 5.75 Å². The molecule has 1 saturated heterocycles. The van der Waals surface area contributed by atoms with Crippen molar-refractivity contribution >= 4 is 62.9 Å². The van der Waals surface area contributed by atoms with Crippen LogP contribution in [0.4, 0.5) is 10.5 Å². The first-order valence-corrected chi connectivity index (χ1v) is 15.4. The zero-order valence-electron chi connectivity index (χ0n) is 23.7. The van der Waals surface area contributed by atoms with Crippen molar-refractivity contribution in [3.8, 4) is 17.2 Å². The fourth-order valence-corrected chi connectivity index (χ4v) is 5.65. The van der Waals surface area contributed by atoms with E-state index in [2.05, 4.69) is 5.32 Å². The molecule has 0 aliphatic carbocycles. The van der Waals surface area contributed by atoms with Gasteiger partial charge in [-0.15, -0.1) is 0 Å². The maximum absolute atomic E-state index is 13.4. The summed E-state index contributed by atoms with van der Waals surface area (Å²) in [5.74, 6) is -1.69. The van der Waals surface area contributed by atoms with Crippen LogP contribution in [0.15, 0.2) is 95.4 Å². The van der Waals surface area contributed by atoms with Crippen LogP contribution in [-0.4, -0.2) is 33.4 Å². The number of amides is 4. The molecule has 0 spiro atoms. The van der Waals surface area contributed by atoms with Crippen molar-refractivity contribution in [3.63, 3.8) is 0 Å². The number of halogens is 2. The van der Waals surface area contributed by atoms with E-state index in [1.807, 2.05) is 19.1 Å². The predicted octanol–water partition coefficient (Wildman–Crippen LogP) is 6.32. The minimum atomic E-state index is -4.27. The summed E-state index contributed by atoms with van der Waals surface area (Å²) in [6, 6.07) is 21.1. The molecule has 45 heavy (non-hydrogen) atoms. The fraction of sp³-hybridized carbons (Fsp3) is 0.0938. The van der Waals surface area contributed by atoms with Crippen LogP contribution in [0.25, 0.3) is 6.08 Å². The first kappa shape index (κ1) is 31.6. The maximum Gasteiger partial charge on any atom is 0.339 e. The number of nitrogens with one attached hydrogen (secondary N) is 1. The van der Waals surface area contributed by atoms with Crippen molar-refractivity contribution in [1.82, 2.24) is 5.32 Å². The van der Waals surface area contributed by atoms with E-state index in [9.17, 15) is 22.8 Å². The van der Waals surface area contributed by atoms with E-state index in [0.717, 1.165) is 16.0 Å². The van der Waals surface area contributed by atoms with E-state index in [1.165, 1.54) is 49.6 Å². The van der Waals surface area contributed by atoms with E-state index >= 15 is 0 Å². The number of imide groups is 2. The Morgan fingerprint density at radius 1 is 0.889 bits per heavy atom. The number of hydrogen-bond acceptors (Lipinski definition) is 8. The Labute approximate surface area is 268 Å². The van der Waals surface area contributed by atoms with E-state index in [-0.39, 0.29) is 44.8 Å². The number of hydrogen-bond donors (Lipinski definition) is 1. The number of anilines is 1. The molecule has 0 atom stereocenters. The Bertz CT molecular complexity index is 1930. The molecule has 1 aliphatic heterocycles. The molecule has 4 aromatic carbocycles. The van der Waals surface area contributed by atoms with E-state index in [1.54, 1.807) is 36.4 Å². The molecule has 0 unspecified atom stereocenters. The van der Waals surface area contributed by atoms with Crippen molar-refractivity contribution in [2.75, 3.05) is 12.0 Å². The number of carbonyl (C=O) groups excluding carboxylic acids is 3. The molecule has 1 aliphatic rings. The largest absolute Gasteiger partial charge is 0.493 e. The summed E-state index contributed by atoms with van der Waals surface area (Å²) in [5, 5.41) is 2.60. The minimum Gasteiger partial charge on any atom is -0.493 e. The predicted molar refractivity (Wildman–Crippen MR) is 168 cm³/mol. The number of nitrogens with zero attached hydrogens (tertiary/aromatic N) is 1. The zero-order chi connectivity index (χ0) is 32.3. The van der Waals surface area contributed by atoms with Crippen LogP contribution in [0.3, 0.4) is 0 Å². The van der Waals surface area contributed by atoms with Crippen molar-refractivity contribution in [3.05, 3.63) is 117 Å². The standard InChI is InChI=1S/C32H24Cl2N2O8S/c1-19-3-13-25(14-4-19)45(40,41)44-29-27(34)16-21(17-28(29)42-2)15-26-30(37)35-32(39)36(31(26)38)23-9-11-24(12-10-23)43-18-20-5-7-22(33)8-6-20/h3-17H,18H2,1-2H3,(H,35,37,39)/b26-15+. The van der Waals surface area contributed by atoms with Crippen molar-refractivity contribution in [2.45, 2.75) is 18.4 Å². The van der Waals surface area contributed by atoms with Crippen LogP contribution < -0.4 is 23.9 Å². The average Bonchev–Trinajstić information content (AvgIpc) is 3.01. The highest BCUT2D eigenvalue weighted by Gasteiger charge is 2.37. The molecule has 0 bridgehead atoms. The lowest BCUT2D eigenvalue weighted by atomic mass is 10.1. The third-order valence-electron chi connectivity index (χ3n) is 6.58. The van der Waals surface area contributed by atoms with Gasteiger partial charge >= 0.3 is 16.1 Å². The zero-order valence-corrected chi connectivity index (χ0v) is 26.1. The lowest BCUT2D eigenvalue weighted by molar-refractivity contribution is -0.122. The Morgan fingerprint density at radius 2 is 1.56 bits per heavy atom. The lowest BCUT2D eigenvalue weighted by Gasteiger charge is -2.26. The third-order valence-corrected chi connectivity index (χ3v) is 8.35. The van der Waals surface area contributed by atoms with Gasteiger partial charge in [0.25, 0.3) is 11.8 Å². The van der Waals surface area contributed by atoms with Crippen LogP contribution in [0, 0.1) is 6.92 Å². The Balaban J connectivity index is 1.37. The van der Waals surface area contributed by atoms with Gasteiger partial charge < -0.3 is 13.7 Å². The monoisotopic (exact) mass is 666 g/mol. The number of benzene rings is 4. The number of carbonyl (C=O) groups is 3. The lowest BCUT2D eigenvalue weighted by Crippen LogP contribution is -2.54. The normalized spacial score (nSPS) is 14.4. The van der Waals surface area contributed by atoms with Crippen LogP contribution in [0.2, 0.25) is 10.0 Å². The quantitative estimate of drug-likeness (QED) is 0.125. The van der Waals surface area contributed by atoms with Gasteiger partial charge in [-0.2, -0.15) is 8.42 Å². The third kappa shape index (κ3) is 7.12. The van der Waals surface area contributed by atoms with Gasteiger partial charge in [0.1, 0.15) is 22.8 Å². The Morgan fingerprint density at radius 3 is 2.20 bits per heavy atom. The highest BCUT2D eigenvalue weighted by Crippen LogP contribution is 2.39. The molecule has 0 aromatic heterocycles. The molecular formula is C32H24Cl2N2O8S. The Hall–Kier alpha value is -4.84. The molecule has 1 heterocycles. The van der Waals surface area contributed by atoms with Gasteiger partial charge in [0, 0.05) is 5.02 Å². The van der Waals surface area contributed by atoms with Gasteiger partial charge in [-0.05, 0) is 84.8 Å². The van der Waals surface area contributed by atoms with Crippen LogP contribution in [0.1, 0.15) is 16.7 Å². The van der Waals surface area contributed by atoms with Gasteiger partial charge in [-0.25, -0.2) is 9.69 Å². The number of methoxy groups -OCH3 is 1. The summed E-state index contributed by atoms with van der Waals surface area (Å²) in [6.45, 7) is 2.09. The summed E-state index contributed by atoms with van der Waals surface area (Å²) in [6.07, 6.45) is 1.20. The highest BCUT2D eigenvalue weighted by molar-refractivity contribution is 7.87. The van der Waals surface area contributed by atoms with Gasteiger partial charge in [-0.3, -0.25) is 14.9 Å². The highest BCUT2D eigenvalue weighted by atomic mass is 35.5. The number of rotatable bonds is 9. The molecule has 4 amide bonds. The first-order valence-electron chi connectivity index (χ1n) is 13.2. The first-order chi connectivity index (χ1) is 21.4. The fourth-order valence-electron chi connectivity index (χ4n) is 4.26. The van der Waals surface area contributed by atoms with Crippen molar-refractivity contribution < 1.29 is 36.5 Å². The van der Waals surface area contributed by atoms with Crippen molar-refractivity contribution in [1.29, 1.82) is 0 Å².